The minimum atomic E-state index is 0.240. The van der Waals surface area contributed by atoms with Gasteiger partial charge in [-0.15, -0.1) is 11.3 Å². The SMILES string of the molecule is Cc1ccc(-c2noc(/C(C#N)=C/c3ccc(C)s3)n2)cc1. The van der Waals surface area contributed by atoms with Crippen molar-refractivity contribution in [2.75, 3.05) is 0 Å². The Morgan fingerprint density at radius 2 is 1.95 bits per heavy atom. The van der Waals surface area contributed by atoms with Crippen LogP contribution in [0.2, 0.25) is 0 Å². The molecule has 3 aromatic rings. The molecule has 2 heterocycles. The summed E-state index contributed by atoms with van der Waals surface area (Å²) < 4.78 is 5.23. The number of nitrogens with zero attached hydrogens (tertiary/aromatic N) is 3. The van der Waals surface area contributed by atoms with Crippen LogP contribution in [0.4, 0.5) is 0 Å². The Kier molecular flexibility index (Phi) is 3.86. The lowest BCUT2D eigenvalue weighted by Crippen LogP contribution is -1.83. The van der Waals surface area contributed by atoms with E-state index in [0.717, 1.165) is 16.0 Å². The van der Waals surface area contributed by atoms with Crippen LogP contribution < -0.4 is 0 Å². The molecule has 0 bridgehead atoms. The molecule has 0 saturated carbocycles. The molecule has 1 aromatic carbocycles. The Morgan fingerprint density at radius 1 is 1.18 bits per heavy atom. The van der Waals surface area contributed by atoms with Gasteiger partial charge in [0.25, 0.3) is 5.89 Å². The second-order valence-electron chi connectivity index (χ2n) is 4.91. The fraction of sp³-hybridized carbons (Fsp3) is 0.118. The Bertz CT molecular complexity index is 866. The van der Waals surface area contributed by atoms with Gasteiger partial charge in [0.15, 0.2) is 0 Å². The molecule has 0 N–H and O–H groups in total. The number of hydrogen-bond acceptors (Lipinski definition) is 5. The first-order valence-electron chi connectivity index (χ1n) is 6.75. The highest BCUT2D eigenvalue weighted by atomic mass is 32.1. The van der Waals surface area contributed by atoms with Crippen LogP contribution in [-0.4, -0.2) is 10.1 Å². The molecule has 0 spiro atoms. The summed E-state index contributed by atoms with van der Waals surface area (Å²) in [5, 5.41) is 13.3. The van der Waals surface area contributed by atoms with E-state index in [4.69, 9.17) is 4.52 Å². The maximum Gasteiger partial charge on any atom is 0.268 e. The summed E-state index contributed by atoms with van der Waals surface area (Å²) in [6, 6.07) is 13.9. The maximum absolute atomic E-state index is 9.32. The van der Waals surface area contributed by atoms with Crippen LogP contribution in [0.1, 0.15) is 21.2 Å². The molecule has 3 rings (SSSR count). The maximum atomic E-state index is 9.32. The van der Waals surface area contributed by atoms with Gasteiger partial charge in [-0.25, -0.2) is 0 Å². The molecule has 0 aliphatic carbocycles. The van der Waals surface area contributed by atoms with Crippen molar-refractivity contribution in [2.24, 2.45) is 0 Å². The quantitative estimate of drug-likeness (QED) is 0.669. The predicted molar refractivity (Wildman–Crippen MR) is 87.0 cm³/mol. The third-order valence-corrected chi connectivity index (χ3v) is 4.08. The molecule has 0 saturated heterocycles. The molecule has 22 heavy (non-hydrogen) atoms. The summed E-state index contributed by atoms with van der Waals surface area (Å²) in [6.07, 6.45) is 1.77. The third-order valence-electron chi connectivity index (χ3n) is 3.13. The molecule has 0 fully saturated rings. The molecule has 4 nitrogen and oxygen atoms in total. The molecule has 0 unspecified atom stereocenters. The van der Waals surface area contributed by atoms with Gasteiger partial charge < -0.3 is 4.52 Å². The Labute approximate surface area is 132 Å². The zero-order valence-electron chi connectivity index (χ0n) is 12.2. The molecule has 0 amide bonds. The van der Waals surface area contributed by atoms with Gasteiger partial charge >= 0.3 is 0 Å². The van der Waals surface area contributed by atoms with Gasteiger partial charge in [-0.2, -0.15) is 10.2 Å². The molecule has 0 atom stereocenters. The van der Waals surface area contributed by atoms with Crippen molar-refractivity contribution in [3.8, 4) is 17.5 Å². The molecule has 0 radical (unpaired) electrons. The number of thiophene rings is 1. The van der Waals surface area contributed by atoms with Crippen molar-refractivity contribution >= 4 is 23.0 Å². The van der Waals surface area contributed by atoms with E-state index in [-0.39, 0.29) is 5.89 Å². The molecular weight excluding hydrogens is 294 g/mol. The van der Waals surface area contributed by atoms with Crippen LogP contribution in [0.15, 0.2) is 40.9 Å². The van der Waals surface area contributed by atoms with Crippen LogP contribution in [0.3, 0.4) is 0 Å². The van der Waals surface area contributed by atoms with Gasteiger partial charge in [0.1, 0.15) is 11.6 Å². The lowest BCUT2D eigenvalue weighted by atomic mass is 10.1. The Balaban J connectivity index is 1.93. The standard InChI is InChI=1S/C17H13N3OS/c1-11-3-6-13(7-4-11)16-19-17(21-20-16)14(10-18)9-15-8-5-12(2)22-15/h3-9H,1-2H3/b14-9+. The van der Waals surface area contributed by atoms with Crippen molar-refractivity contribution in [1.29, 1.82) is 5.26 Å². The summed E-state index contributed by atoms with van der Waals surface area (Å²) in [4.78, 5) is 6.50. The van der Waals surface area contributed by atoms with E-state index in [9.17, 15) is 5.26 Å². The summed E-state index contributed by atoms with van der Waals surface area (Å²) >= 11 is 1.61. The lowest BCUT2D eigenvalue weighted by molar-refractivity contribution is 0.409. The number of aryl methyl sites for hydroxylation is 2. The molecule has 0 aliphatic rings. The first-order chi connectivity index (χ1) is 10.7. The highest BCUT2D eigenvalue weighted by molar-refractivity contribution is 7.12. The van der Waals surface area contributed by atoms with Gasteiger partial charge in [0.05, 0.1) is 0 Å². The molecule has 5 heteroatoms. The smallest absolute Gasteiger partial charge is 0.268 e. The van der Waals surface area contributed by atoms with E-state index >= 15 is 0 Å². The second-order valence-corrected chi connectivity index (χ2v) is 6.23. The summed E-state index contributed by atoms with van der Waals surface area (Å²) in [5.41, 5.74) is 2.40. The summed E-state index contributed by atoms with van der Waals surface area (Å²) in [5.74, 6) is 0.725. The zero-order chi connectivity index (χ0) is 15.5. The average Bonchev–Trinajstić information content (AvgIpc) is 3.15. The number of allylic oxidation sites excluding steroid dienone is 1. The van der Waals surface area contributed by atoms with Gasteiger partial charge in [0.2, 0.25) is 5.82 Å². The van der Waals surface area contributed by atoms with E-state index in [1.165, 1.54) is 4.88 Å². The number of hydrogen-bond donors (Lipinski definition) is 0. The third kappa shape index (κ3) is 2.97. The van der Waals surface area contributed by atoms with Crippen LogP contribution in [0, 0.1) is 25.2 Å². The van der Waals surface area contributed by atoms with E-state index in [2.05, 4.69) is 16.2 Å². The van der Waals surface area contributed by atoms with Crippen molar-refractivity contribution in [2.45, 2.75) is 13.8 Å². The van der Waals surface area contributed by atoms with Gasteiger partial charge in [-0.05, 0) is 32.1 Å². The summed E-state index contributed by atoms with van der Waals surface area (Å²) in [6.45, 7) is 4.04. The van der Waals surface area contributed by atoms with Crippen LogP contribution in [0.25, 0.3) is 23.0 Å². The Hall–Kier alpha value is -2.71. The monoisotopic (exact) mass is 307 g/mol. The molecule has 2 aromatic heterocycles. The highest BCUT2D eigenvalue weighted by Crippen LogP contribution is 2.24. The zero-order valence-corrected chi connectivity index (χ0v) is 13.0. The highest BCUT2D eigenvalue weighted by Gasteiger charge is 2.13. The van der Waals surface area contributed by atoms with E-state index in [0.29, 0.717) is 11.4 Å². The largest absolute Gasteiger partial charge is 0.333 e. The normalized spacial score (nSPS) is 11.4. The molecule has 108 valence electrons. The van der Waals surface area contributed by atoms with Gasteiger partial charge in [-0.3, -0.25) is 0 Å². The summed E-state index contributed by atoms with van der Waals surface area (Å²) in [7, 11) is 0. The Morgan fingerprint density at radius 3 is 2.59 bits per heavy atom. The van der Waals surface area contributed by atoms with Crippen LogP contribution in [-0.2, 0) is 0 Å². The van der Waals surface area contributed by atoms with Crippen LogP contribution in [0.5, 0.6) is 0 Å². The van der Waals surface area contributed by atoms with Gasteiger partial charge in [-0.1, -0.05) is 35.0 Å². The molecule has 0 aliphatic heterocycles. The van der Waals surface area contributed by atoms with Crippen LogP contribution >= 0.6 is 11.3 Å². The minimum Gasteiger partial charge on any atom is -0.333 e. The predicted octanol–water partition coefficient (Wildman–Crippen LogP) is 4.48. The first kappa shape index (κ1) is 14.2. The molecular formula is C17H13N3OS. The number of rotatable bonds is 3. The fourth-order valence-electron chi connectivity index (χ4n) is 1.97. The lowest BCUT2D eigenvalue weighted by Gasteiger charge is -1.94. The average molecular weight is 307 g/mol. The van der Waals surface area contributed by atoms with E-state index in [1.54, 1.807) is 17.4 Å². The first-order valence-corrected chi connectivity index (χ1v) is 7.57. The van der Waals surface area contributed by atoms with Crippen molar-refractivity contribution in [3.05, 3.63) is 57.6 Å². The fourth-order valence-corrected chi connectivity index (χ4v) is 2.79. The number of benzene rings is 1. The topological polar surface area (TPSA) is 62.7 Å². The van der Waals surface area contributed by atoms with Crippen molar-refractivity contribution in [1.82, 2.24) is 10.1 Å². The van der Waals surface area contributed by atoms with E-state index < -0.39 is 0 Å². The van der Waals surface area contributed by atoms with Crippen molar-refractivity contribution in [3.63, 3.8) is 0 Å². The second kappa shape index (κ2) is 5.96. The minimum absolute atomic E-state index is 0.240. The number of nitriles is 1. The number of aromatic nitrogens is 2. The van der Waals surface area contributed by atoms with Crippen molar-refractivity contribution < 1.29 is 4.52 Å². The van der Waals surface area contributed by atoms with E-state index in [1.807, 2.05) is 50.2 Å². The van der Waals surface area contributed by atoms with Gasteiger partial charge in [0, 0.05) is 15.3 Å².